The molecule has 0 aromatic carbocycles. The van der Waals surface area contributed by atoms with Crippen molar-refractivity contribution in [1.82, 2.24) is 0 Å². The van der Waals surface area contributed by atoms with E-state index in [2.05, 4.69) is 11.8 Å². The van der Waals surface area contributed by atoms with Crippen molar-refractivity contribution >= 4 is 0 Å². The second kappa shape index (κ2) is 4.41. The maximum atomic E-state index is 5.79. The molecule has 1 heteroatoms. The van der Waals surface area contributed by atoms with Crippen LogP contribution in [0.3, 0.4) is 0 Å². The summed E-state index contributed by atoms with van der Waals surface area (Å²) < 4.78 is 0. The summed E-state index contributed by atoms with van der Waals surface area (Å²) in [5, 5.41) is 0. The van der Waals surface area contributed by atoms with Gasteiger partial charge in [0.2, 0.25) is 0 Å². The van der Waals surface area contributed by atoms with Crippen LogP contribution in [0.15, 0.2) is 0 Å². The SMILES string of the molecule is CC#CCCC1CCC(N)C1. The molecule has 2 N–H and O–H groups in total. The third-order valence-corrected chi connectivity index (χ3v) is 2.44. The van der Waals surface area contributed by atoms with E-state index in [-0.39, 0.29) is 0 Å². The second-order valence-electron chi connectivity index (χ2n) is 3.40. The topological polar surface area (TPSA) is 26.0 Å². The van der Waals surface area contributed by atoms with E-state index in [1.165, 1.54) is 25.7 Å². The first-order valence-corrected chi connectivity index (χ1v) is 4.48. The first kappa shape index (κ1) is 8.62. The smallest absolute Gasteiger partial charge is 0.00912 e. The van der Waals surface area contributed by atoms with Crippen LogP contribution in [-0.4, -0.2) is 6.04 Å². The van der Waals surface area contributed by atoms with Crippen molar-refractivity contribution < 1.29 is 0 Å². The van der Waals surface area contributed by atoms with Gasteiger partial charge in [-0.3, -0.25) is 0 Å². The standard InChI is InChI=1S/C10H17N/c1-2-3-4-5-9-6-7-10(11)8-9/h9-10H,4-8,11H2,1H3. The van der Waals surface area contributed by atoms with Crippen LogP contribution >= 0.6 is 0 Å². The molecule has 0 spiro atoms. The predicted octanol–water partition coefficient (Wildman–Crippen LogP) is 1.92. The minimum Gasteiger partial charge on any atom is -0.328 e. The lowest BCUT2D eigenvalue weighted by Gasteiger charge is -2.04. The number of nitrogens with two attached hydrogens (primary N) is 1. The molecule has 62 valence electrons. The van der Waals surface area contributed by atoms with Gasteiger partial charge >= 0.3 is 0 Å². The maximum Gasteiger partial charge on any atom is 0.00912 e. The van der Waals surface area contributed by atoms with E-state index in [9.17, 15) is 0 Å². The molecule has 0 saturated heterocycles. The fourth-order valence-electron chi connectivity index (χ4n) is 1.78. The molecular weight excluding hydrogens is 134 g/mol. The van der Waals surface area contributed by atoms with Gasteiger partial charge < -0.3 is 5.73 Å². The quantitative estimate of drug-likeness (QED) is 0.599. The summed E-state index contributed by atoms with van der Waals surface area (Å²) in [5.74, 6) is 6.89. The third-order valence-electron chi connectivity index (χ3n) is 2.44. The summed E-state index contributed by atoms with van der Waals surface area (Å²) in [6, 6.07) is 0.481. The fourth-order valence-corrected chi connectivity index (χ4v) is 1.78. The number of rotatable bonds is 2. The van der Waals surface area contributed by atoms with Gasteiger partial charge in [-0.2, -0.15) is 0 Å². The Hall–Kier alpha value is -0.480. The minimum absolute atomic E-state index is 0.481. The Kier molecular flexibility index (Phi) is 3.45. The highest BCUT2D eigenvalue weighted by molar-refractivity contribution is 4.95. The second-order valence-corrected chi connectivity index (χ2v) is 3.40. The Bertz CT molecular complexity index is 163. The van der Waals surface area contributed by atoms with E-state index < -0.39 is 0 Å². The highest BCUT2D eigenvalue weighted by Gasteiger charge is 2.20. The van der Waals surface area contributed by atoms with Crippen LogP contribution in [0.5, 0.6) is 0 Å². The molecule has 11 heavy (non-hydrogen) atoms. The van der Waals surface area contributed by atoms with E-state index in [1.807, 2.05) is 6.92 Å². The molecule has 0 heterocycles. The van der Waals surface area contributed by atoms with Crippen molar-refractivity contribution in [3.8, 4) is 11.8 Å². The monoisotopic (exact) mass is 151 g/mol. The van der Waals surface area contributed by atoms with Gasteiger partial charge in [0.1, 0.15) is 0 Å². The highest BCUT2D eigenvalue weighted by Crippen LogP contribution is 2.27. The molecule has 0 bridgehead atoms. The Morgan fingerprint density at radius 1 is 1.45 bits per heavy atom. The number of hydrogen-bond donors (Lipinski definition) is 1. The minimum atomic E-state index is 0.481. The molecule has 1 fully saturated rings. The molecule has 1 rings (SSSR count). The molecule has 0 aliphatic heterocycles. The molecule has 2 atom stereocenters. The van der Waals surface area contributed by atoms with Gasteiger partial charge in [-0.15, -0.1) is 11.8 Å². The average Bonchev–Trinajstić information content (AvgIpc) is 2.37. The van der Waals surface area contributed by atoms with Crippen LogP contribution in [0.1, 0.15) is 39.0 Å². The predicted molar refractivity (Wildman–Crippen MR) is 48.0 cm³/mol. The normalized spacial score (nSPS) is 29.6. The molecule has 1 aliphatic rings. The van der Waals surface area contributed by atoms with E-state index in [1.54, 1.807) is 0 Å². The van der Waals surface area contributed by atoms with Crippen molar-refractivity contribution in [2.45, 2.75) is 45.1 Å². The van der Waals surface area contributed by atoms with Crippen molar-refractivity contribution in [2.24, 2.45) is 11.7 Å². The molecule has 1 nitrogen and oxygen atoms in total. The van der Waals surface area contributed by atoms with Crippen molar-refractivity contribution in [3.63, 3.8) is 0 Å². The molecule has 0 amide bonds. The van der Waals surface area contributed by atoms with Gasteiger partial charge in [0.25, 0.3) is 0 Å². The number of hydrogen-bond acceptors (Lipinski definition) is 1. The molecule has 0 aromatic heterocycles. The van der Waals surface area contributed by atoms with Gasteiger partial charge in [-0.05, 0) is 38.5 Å². The Balaban J connectivity index is 2.11. The van der Waals surface area contributed by atoms with Crippen molar-refractivity contribution in [1.29, 1.82) is 0 Å². The highest BCUT2D eigenvalue weighted by atomic mass is 14.6. The van der Waals surface area contributed by atoms with Gasteiger partial charge in [-0.25, -0.2) is 0 Å². The Morgan fingerprint density at radius 2 is 2.27 bits per heavy atom. The first-order chi connectivity index (χ1) is 5.33. The van der Waals surface area contributed by atoms with E-state index >= 15 is 0 Å². The lowest BCUT2D eigenvalue weighted by molar-refractivity contribution is 0.503. The van der Waals surface area contributed by atoms with Crippen LogP contribution < -0.4 is 5.73 Å². The Morgan fingerprint density at radius 3 is 2.82 bits per heavy atom. The fraction of sp³-hybridized carbons (Fsp3) is 0.800. The van der Waals surface area contributed by atoms with E-state index in [4.69, 9.17) is 5.73 Å². The molecule has 0 aromatic rings. The summed E-state index contributed by atoms with van der Waals surface area (Å²) in [7, 11) is 0. The lowest BCUT2D eigenvalue weighted by Crippen LogP contribution is -2.14. The molecular formula is C10H17N. The molecule has 1 aliphatic carbocycles. The van der Waals surface area contributed by atoms with Gasteiger partial charge in [0.15, 0.2) is 0 Å². The van der Waals surface area contributed by atoms with Crippen LogP contribution in [0, 0.1) is 17.8 Å². The zero-order chi connectivity index (χ0) is 8.10. The zero-order valence-corrected chi connectivity index (χ0v) is 7.27. The summed E-state index contributed by atoms with van der Waals surface area (Å²) in [6.45, 7) is 1.90. The van der Waals surface area contributed by atoms with Crippen LogP contribution in [0.2, 0.25) is 0 Å². The maximum absolute atomic E-state index is 5.79. The van der Waals surface area contributed by atoms with Crippen LogP contribution in [0.4, 0.5) is 0 Å². The van der Waals surface area contributed by atoms with Crippen molar-refractivity contribution in [3.05, 3.63) is 0 Å². The van der Waals surface area contributed by atoms with Crippen LogP contribution in [0.25, 0.3) is 0 Å². The van der Waals surface area contributed by atoms with E-state index in [0.717, 1.165) is 12.3 Å². The van der Waals surface area contributed by atoms with E-state index in [0.29, 0.717) is 6.04 Å². The summed E-state index contributed by atoms with van der Waals surface area (Å²) >= 11 is 0. The summed E-state index contributed by atoms with van der Waals surface area (Å²) in [4.78, 5) is 0. The largest absolute Gasteiger partial charge is 0.328 e. The van der Waals surface area contributed by atoms with Gasteiger partial charge in [0, 0.05) is 12.5 Å². The summed E-state index contributed by atoms with van der Waals surface area (Å²) in [6.07, 6.45) is 6.10. The average molecular weight is 151 g/mol. The summed E-state index contributed by atoms with van der Waals surface area (Å²) in [5.41, 5.74) is 5.79. The molecule has 1 saturated carbocycles. The van der Waals surface area contributed by atoms with Gasteiger partial charge in [0.05, 0.1) is 0 Å². The third kappa shape index (κ3) is 2.95. The van der Waals surface area contributed by atoms with Crippen LogP contribution in [-0.2, 0) is 0 Å². The molecule has 2 unspecified atom stereocenters. The lowest BCUT2D eigenvalue weighted by atomic mass is 10.0. The van der Waals surface area contributed by atoms with Crippen molar-refractivity contribution in [2.75, 3.05) is 0 Å². The zero-order valence-electron chi connectivity index (χ0n) is 7.27. The van der Waals surface area contributed by atoms with Gasteiger partial charge in [-0.1, -0.05) is 0 Å². The Labute approximate surface area is 69.4 Å². The molecule has 0 radical (unpaired) electrons. The first-order valence-electron chi connectivity index (χ1n) is 4.48.